The molecule has 354 valence electrons. The third kappa shape index (κ3) is 10.6. The maximum absolute atomic E-state index is 13.8. The smallest absolute Gasteiger partial charge is 0.340 e. The molecule has 0 aliphatic carbocycles. The third-order valence-electron chi connectivity index (χ3n) is 11.7. The van der Waals surface area contributed by atoms with Crippen LogP contribution in [0.5, 0.6) is 23.0 Å². The van der Waals surface area contributed by atoms with Gasteiger partial charge in [-0.05, 0) is 62.1 Å². The van der Waals surface area contributed by atoms with E-state index in [2.05, 4.69) is 36.9 Å². The van der Waals surface area contributed by atoms with Crippen molar-refractivity contribution >= 4 is 53.3 Å². The molecule has 4 heterocycles. The average molecular weight is 927 g/mol. The molecule has 0 aromatic heterocycles. The molecule has 4 atom stereocenters. The van der Waals surface area contributed by atoms with Crippen molar-refractivity contribution in [3.63, 3.8) is 0 Å². The number of rotatable bonds is 14. The Labute approximate surface area is 382 Å². The van der Waals surface area contributed by atoms with Gasteiger partial charge in [-0.1, -0.05) is 6.07 Å². The summed E-state index contributed by atoms with van der Waals surface area (Å²) in [5.41, 5.74) is 10.9. The minimum Gasteiger partial charge on any atom is -0.508 e. The van der Waals surface area contributed by atoms with E-state index in [1.165, 1.54) is 36.4 Å². The van der Waals surface area contributed by atoms with Crippen LogP contribution in [0, 0.1) is 0 Å². The number of nitrogens with one attached hydrogen (secondary N) is 6. The molecule has 0 saturated carbocycles. The first-order valence-corrected chi connectivity index (χ1v) is 21.5. The van der Waals surface area contributed by atoms with Gasteiger partial charge < -0.3 is 68.2 Å². The topological polar surface area (TPSA) is 356 Å². The van der Waals surface area contributed by atoms with E-state index in [-0.39, 0.29) is 104 Å². The molecule has 3 aromatic carbocycles. The number of fused-ring (bicyclic) bond motifs is 8. The molecule has 6 amide bonds. The summed E-state index contributed by atoms with van der Waals surface area (Å²) in [6, 6.07) is 9.22. The van der Waals surface area contributed by atoms with Gasteiger partial charge in [0.05, 0.1) is 24.6 Å². The van der Waals surface area contributed by atoms with E-state index in [9.17, 15) is 53.7 Å². The van der Waals surface area contributed by atoms with E-state index in [1.54, 1.807) is 23.1 Å². The van der Waals surface area contributed by atoms with Gasteiger partial charge in [0, 0.05) is 79.6 Å². The van der Waals surface area contributed by atoms with Crippen molar-refractivity contribution < 1.29 is 63.1 Å². The quantitative estimate of drug-likeness (QED) is 0.0378. The van der Waals surface area contributed by atoms with Gasteiger partial charge >= 0.3 is 11.9 Å². The Morgan fingerprint density at radius 2 is 1.52 bits per heavy atom. The molecular formula is C44H50N10O13. The summed E-state index contributed by atoms with van der Waals surface area (Å²) >= 11 is 0. The van der Waals surface area contributed by atoms with Crippen LogP contribution in [0.3, 0.4) is 0 Å². The number of benzene rings is 3. The largest absolute Gasteiger partial charge is 0.508 e. The first-order chi connectivity index (χ1) is 32.0. The van der Waals surface area contributed by atoms with Crippen LogP contribution >= 0.6 is 0 Å². The number of esters is 1. The van der Waals surface area contributed by atoms with Crippen molar-refractivity contribution in [3.8, 4) is 23.0 Å². The summed E-state index contributed by atoms with van der Waals surface area (Å²) < 4.78 is 12.1. The summed E-state index contributed by atoms with van der Waals surface area (Å²) in [4.78, 5) is 110. The fourth-order valence-corrected chi connectivity index (χ4v) is 8.62. The molecule has 0 radical (unpaired) electrons. The number of aliphatic imine (C=N–C) groups is 1. The zero-order valence-electron chi connectivity index (χ0n) is 36.0. The van der Waals surface area contributed by atoms with Gasteiger partial charge in [0.2, 0.25) is 29.5 Å². The van der Waals surface area contributed by atoms with Crippen LogP contribution in [0.4, 0.5) is 0 Å². The van der Waals surface area contributed by atoms with E-state index < -0.39 is 84.2 Å². The standard InChI is InChI=1S/C44H50N10O13/c45-43(46)49-12-1-3-30-39(62)50-20-36(58)52-31(19-37(59)60)40(63)51-23-16-32(41(64)53-30)54(21-23)14-13-47-35(57)4-2-11-48-38(61)22-5-8-27-26(15-22)42(65)67-44(27)28-9-6-24(55)17-33(28)66-34-18-25(56)7-10-29(34)44/h5-10,15,17-18,23,30-32,55-56H,1-4,11-14,16,19-21H2,(H,47,57)(H,48,61)(H,50,62)(H,51,63)(H,52,58)(H,53,64)(H,59,60)(H4,45,46,49)/t23-,30-,31-,32-/m0/s1. The number of carboxylic acids is 1. The second-order valence-corrected chi connectivity index (χ2v) is 16.4. The van der Waals surface area contributed by atoms with Crippen molar-refractivity contribution in [1.29, 1.82) is 0 Å². The lowest BCUT2D eigenvalue weighted by molar-refractivity contribution is -0.141. The molecule has 2 bridgehead atoms. The van der Waals surface area contributed by atoms with Crippen LogP contribution in [0.15, 0.2) is 59.6 Å². The second-order valence-electron chi connectivity index (χ2n) is 16.4. The molecule has 3 aromatic rings. The molecular weight excluding hydrogens is 877 g/mol. The SMILES string of the molecule is NC(N)=NCCC[C@@H]1NC(=O)[C@@H]2C[C@@H](CN2CCNC(=O)CCCNC(=O)c2ccc3c(c2)C(=O)OC32c3ccc(O)cc3Oc3cc(O)ccc32)NC(=O)[C@H](CC(=O)O)NC(=O)CNC1=O. The Balaban J connectivity index is 0.944. The molecule has 2 saturated heterocycles. The fraction of sp³-hybridized carbons (Fsp3) is 0.386. The minimum absolute atomic E-state index is 0.0151. The predicted octanol–water partition coefficient (Wildman–Crippen LogP) is -1.52. The number of carbonyl (C=O) groups is 8. The maximum Gasteiger partial charge on any atom is 0.340 e. The van der Waals surface area contributed by atoms with Crippen molar-refractivity contribution in [2.45, 2.75) is 68.3 Å². The van der Waals surface area contributed by atoms with Crippen LogP contribution in [0.1, 0.15) is 75.9 Å². The van der Waals surface area contributed by atoms with Gasteiger partial charge in [0.15, 0.2) is 11.6 Å². The van der Waals surface area contributed by atoms with Gasteiger partial charge in [-0.2, -0.15) is 0 Å². The normalized spacial score (nSPS) is 20.8. The van der Waals surface area contributed by atoms with Crippen molar-refractivity contribution in [2.75, 3.05) is 39.3 Å². The first-order valence-electron chi connectivity index (χ1n) is 21.5. The fourth-order valence-electron chi connectivity index (χ4n) is 8.62. The molecule has 23 heteroatoms. The van der Waals surface area contributed by atoms with E-state index in [0.717, 1.165) is 0 Å². The number of ether oxygens (including phenoxy) is 2. The van der Waals surface area contributed by atoms with Crippen molar-refractivity contribution in [3.05, 3.63) is 82.4 Å². The van der Waals surface area contributed by atoms with E-state index in [4.69, 9.17) is 20.9 Å². The number of nitrogens with two attached hydrogens (primary N) is 2. The molecule has 2 fully saturated rings. The minimum atomic E-state index is -1.49. The lowest BCUT2D eigenvalue weighted by Gasteiger charge is -2.36. The summed E-state index contributed by atoms with van der Waals surface area (Å²) in [5, 5.41) is 45.5. The summed E-state index contributed by atoms with van der Waals surface area (Å²) in [6.07, 6.45) is -0.0111. The Morgan fingerprint density at radius 3 is 2.21 bits per heavy atom. The third-order valence-corrected chi connectivity index (χ3v) is 11.7. The second kappa shape index (κ2) is 20.1. The van der Waals surface area contributed by atoms with Gasteiger partial charge in [0.25, 0.3) is 5.91 Å². The molecule has 4 aliphatic rings. The van der Waals surface area contributed by atoms with Crippen LogP contribution in [-0.2, 0) is 39.1 Å². The number of hydrogen-bond donors (Lipinski definition) is 11. The first kappa shape index (κ1) is 47.0. The maximum atomic E-state index is 13.8. The number of hydrogen-bond acceptors (Lipinski definition) is 14. The number of aliphatic carboxylic acids is 1. The van der Waals surface area contributed by atoms with Gasteiger partial charge in [-0.25, -0.2) is 4.79 Å². The van der Waals surface area contributed by atoms with Crippen LogP contribution in [0.2, 0.25) is 0 Å². The number of phenols is 2. The number of carboxylic acid groups (broad SMARTS) is 1. The zero-order chi connectivity index (χ0) is 48.0. The molecule has 23 nitrogen and oxygen atoms in total. The van der Waals surface area contributed by atoms with E-state index >= 15 is 0 Å². The lowest BCUT2D eigenvalue weighted by Crippen LogP contribution is -2.55. The predicted molar refractivity (Wildman–Crippen MR) is 234 cm³/mol. The Hall–Kier alpha value is -7.95. The van der Waals surface area contributed by atoms with Gasteiger partial charge in [-0.3, -0.25) is 43.5 Å². The van der Waals surface area contributed by atoms with Crippen LogP contribution in [-0.4, -0.2) is 137 Å². The molecule has 0 unspecified atom stereocenters. The number of likely N-dealkylation sites (tertiary alicyclic amines) is 1. The highest BCUT2D eigenvalue weighted by atomic mass is 16.6. The molecule has 13 N–H and O–H groups in total. The Morgan fingerprint density at radius 1 is 0.821 bits per heavy atom. The van der Waals surface area contributed by atoms with E-state index in [1.807, 2.05) is 0 Å². The molecule has 7 rings (SSSR count). The highest BCUT2D eigenvalue weighted by Gasteiger charge is 2.54. The molecule has 4 aliphatic heterocycles. The number of phenolic OH excluding ortho intramolecular Hbond substituents is 2. The monoisotopic (exact) mass is 926 g/mol. The zero-order valence-corrected chi connectivity index (χ0v) is 36.0. The summed E-state index contributed by atoms with van der Waals surface area (Å²) in [6.45, 7) is 0.00173. The highest BCUT2D eigenvalue weighted by molar-refractivity contribution is 6.02. The number of carbonyl (C=O) groups excluding carboxylic acids is 7. The average Bonchev–Trinajstić information content (AvgIpc) is 3.81. The van der Waals surface area contributed by atoms with Crippen molar-refractivity contribution in [2.24, 2.45) is 16.5 Å². The summed E-state index contributed by atoms with van der Waals surface area (Å²) in [5.74, 6) is -5.67. The summed E-state index contributed by atoms with van der Waals surface area (Å²) in [7, 11) is 0. The van der Waals surface area contributed by atoms with Gasteiger partial charge in [-0.15, -0.1) is 0 Å². The number of amides is 6. The van der Waals surface area contributed by atoms with Crippen LogP contribution < -0.4 is 48.1 Å². The van der Waals surface area contributed by atoms with Gasteiger partial charge in [0.1, 0.15) is 35.1 Å². The molecule has 67 heavy (non-hydrogen) atoms. The number of nitrogens with zero attached hydrogens (tertiary/aromatic N) is 2. The Kier molecular flexibility index (Phi) is 14.1. The number of guanidine groups is 1. The number of aromatic hydroxyl groups is 2. The van der Waals surface area contributed by atoms with Crippen LogP contribution in [0.25, 0.3) is 0 Å². The van der Waals surface area contributed by atoms with Crippen molar-refractivity contribution in [1.82, 2.24) is 36.8 Å². The van der Waals surface area contributed by atoms with E-state index in [0.29, 0.717) is 23.1 Å². The Bertz CT molecular complexity index is 2480. The highest BCUT2D eigenvalue weighted by Crippen LogP contribution is 2.57. The molecule has 1 spiro atoms. The lowest BCUT2D eigenvalue weighted by atomic mass is 9.77.